The standard InChI is InChI=1S/C25H40O2S2Si/c1-7-12-23(27-30(5,6)24(2,3)4)19-22(26)20-25(28-17-11-18-29-25)16-15-21-13-9-8-10-14-21/h7-10,13-16,22-23,26H,1,11-12,17-20H2,2-6H3/b16-15+/t22-,23+/m1/s1. The van der Waals surface area contributed by atoms with Gasteiger partial charge in [-0.3, -0.25) is 0 Å². The van der Waals surface area contributed by atoms with Crippen molar-refractivity contribution < 1.29 is 9.53 Å². The molecule has 1 aromatic carbocycles. The van der Waals surface area contributed by atoms with E-state index < -0.39 is 14.4 Å². The van der Waals surface area contributed by atoms with Crippen LogP contribution in [-0.2, 0) is 4.43 Å². The average molecular weight is 465 g/mol. The van der Waals surface area contributed by atoms with E-state index in [1.807, 2.05) is 35.7 Å². The molecule has 2 rings (SSSR count). The molecule has 0 aromatic heterocycles. The minimum atomic E-state index is -1.89. The van der Waals surface area contributed by atoms with E-state index in [1.54, 1.807) is 0 Å². The summed E-state index contributed by atoms with van der Waals surface area (Å²) in [6.07, 6.45) is 9.55. The van der Waals surface area contributed by atoms with Crippen LogP contribution in [0.25, 0.3) is 6.08 Å². The molecule has 1 saturated heterocycles. The normalized spacial score (nSPS) is 19.5. The molecule has 1 N–H and O–H groups in total. The van der Waals surface area contributed by atoms with E-state index in [-0.39, 0.29) is 15.2 Å². The second-order valence-electron chi connectivity index (χ2n) is 9.72. The van der Waals surface area contributed by atoms with Gasteiger partial charge in [0.15, 0.2) is 8.32 Å². The van der Waals surface area contributed by atoms with Crippen molar-refractivity contribution >= 4 is 37.9 Å². The van der Waals surface area contributed by atoms with Crippen LogP contribution in [-0.4, -0.2) is 41.2 Å². The number of hydrogen-bond acceptors (Lipinski definition) is 4. The third-order valence-corrected chi connectivity index (χ3v) is 13.9. The quantitative estimate of drug-likeness (QED) is 0.289. The number of hydrogen-bond donors (Lipinski definition) is 1. The number of rotatable bonds is 10. The van der Waals surface area contributed by atoms with Crippen molar-refractivity contribution in [3.63, 3.8) is 0 Å². The van der Waals surface area contributed by atoms with E-state index >= 15 is 0 Å². The van der Waals surface area contributed by atoms with Crippen LogP contribution < -0.4 is 0 Å². The summed E-state index contributed by atoms with van der Waals surface area (Å²) >= 11 is 3.96. The van der Waals surface area contributed by atoms with Gasteiger partial charge in [0, 0.05) is 6.42 Å². The predicted molar refractivity (Wildman–Crippen MR) is 140 cm³/mol. The van der Waals surface area contributed by atoms with Gasteiger partial charge >= 0.3 is 0 Å². The second kappa shape index (κ2) is 11.4. The largest absolute Gasteiger partial charge is 0.414 e. The summed E-state index contributed by atoms with van der Waals surface area (Å²) in [4.78, 5) is 0. The molecule has 2 nitrogen and oxygen atoms in total. The zero-order chi connectivity index (χ0) is 22.3. The number of thioether (sulfide) groups is 2. The Labute approximate surface area is 194 Å². The van der Waals surface area contributed by atoms with E-state index in [4.69, 9.17) is 4.43 Å². The van der Waals surface area contributed by atoms with Gasteiger partial charge in [0.2, 0.25) is 0 Å². The molecule has 0 saturated carbocycles. The lowest BCUT2D eigenvalue weighted by Gasteiger charge is -2.40. The lowest BCUT2D eigenvalue weighted by Crippen LogP contribution is -2.44. The van der Waals surface area contributed by atoms with E-state index in [9.17, 15) is 5.11 Å². The molecule has 1 fully saturated rings. The fourth-order valence-corrected chi connectivity index (χ4v) is 7.96. The van der Waals surface area contributed by atoms with Crippen molar-refractivity contribution in [2.45, 2.75) is 80.9 Å². The zero-order valence-corrected chi connectivity index (χ0v) is 22.0. The topological polar surface area (TPSA) is 29.5 Å². The van der Waals surface area contributed by atoms with Gasteiger partial charge in [-0.05, 0) is 54.5 Å². The molecule has 2 atom stereocenters. The predicted octanol–water partition coefficient (Wildman–Crippen LogP) is 7.37. The van der Waals surface area contributed by atoms with Gasteiger partial charge in [-0.15, -0.1) is 30.1 Å². The highest BCUT2D eigenvalue weighted by Crippen LogP contribution is 2.47. The second-order valence-corrected chi connectivity index (χ2v) is 17.6. The van der Waals surface area contributed by atoms with Crippen LogP contribution in [0.3, 0.4) is 0 Å². The number of benzene rings is 1. The van der Waals surface area contributed by atoms with Crippen LogP contribution in [0.4, 0.5) is 0 Å². The molecule has 1 aliphatic rings. The van der Waals surface area contributed by atoms with Crippen LogP contribution in [0.5, 0.6) is 0 Å². The molecule has 0 bridgehead atoms. The van der Waals surface area contributed by atoms with Gasteiger partial charge in [0.05, 0.1) is 16.3 Å². The fraction of sp³-hybridized carbons (Fsp3) is 0.600. The molecule has 0 spiro atoms. The highest BCUT2D eigenvalue weighted by Gasteiger charge is 2.40. The van der Waals surface area contributed by atoms with E-state index in [2.05, 4.69) is 76.9 Å². The van der Waals surface area contributed by atoms with Gasteiger partial charge in [0.1, 0.15) is 0 Å². The van der Waals surface area contributed by atoms with Crippen molar-refractivity contribution in [1.29, 1.82) is 0 Å². The summed E-state index contributed by atoms with van der Waals surface area (Å²) < 4.78 is 6.57. The molecule has 0 amide bonds. The molecule has 1 heterocycles. The molecule has 0 aliphatic carbocycles. The Balaban J connectivity index is 2.09. The maximum atomic E-state index is 11.1. The maximum absolute atomic E-state index is 11.1. The molecule has 1 aliphatic heterocycles. The first-order chi connectivity index (χ1) is 14.1. The average Bonchev–Trinajstić information content (AvgIpc) is 2.67. The minimum absolute atomic E-state index is 0.0344. The summed E-state index contributed by atoms with van der Waals surface area (Å²) in [6.45, 7) is 15.3. The summed E-state index contributed by atoms with van der Waals surface area (Å²) in [7, 11) is -1.89. The van der Waals surface area contributed by atoms with Gasteiger partial charge in [-0.2, -0.15) is 0 Å². The smallest absolute Gasteiger partial charge is 0.192 e. The van der Waals surface area contributed by atoms with Crippen LogP contribution in [0, 0.1) is 0 Å². The van der Waals surface area contributed by atoms with E-state index in [0.717, 1.165) is 24.3 Å². The molecule has 0 radical (unpaired) electrons. The molecule has 1 aromatic rings. The van der Waals surface area contributed by atoms with Gasteiger partial charge in [-0.25, -0.2) is 0 Å². The summed E-state index contributed by atoms with van der Waals surface area (Å²) in [5.41, 5.74) is 1.21. The summed E-state index contributed by atoms with van der Waals surface area (Å²) in [6, 6.07) is 10.4. The Morgan fingerprint density at radius 3 is 2.40 bits per heavy atom. The lowest BCUT2D eigenvalue weighted by molar-refractivity contribution is 0.0826. The van der Waals surface area contributed by atoms with Crippen LogP contribution in [0.1, 0.15) is 52.0 Å². The van der Waals surface area contributed by atoms with Gasteiger partial charge in [0.25, 0.3) is 0 Å². The Hall–Kier alpha value is -0.463. The number of aliphatic hydroxyl groups is 1. The van der Waals surface area contributed by atoms with Crippen molar-refractivity contribution in [1.82, 2.24) is 0 Å². The lowest BCUT2D eigenvalue weighted by atomic mass is 10.0. The molecule has 30 heavy (non-hydrogen) atoms. The van der Waals surface area contributed by atoms with Crippen LogP contribution in [0.15, 0.2) is 49.1 Å². The maximum Gasteiger partial charge on any atom is 0.192 e. The van der Waals surface area contributed by atoms with E-state index in [1.165, 1.54) is 12.0 Å². The summed E-state index contributed by atoms with van der Waals surface area (Å²) in [5.74, 6) is 2.30. The highest BCUT2D eigenvalue weighted by atomic mass is 32.2. The van der Waals surface area contributed by atoms with Crippen molar-refractivity contribution in [3.8, 4) is 0 Å². The first-order valence-electron chi connectivity index (χ1n) is 11.1. The third-order valence-electron chi connectivity index (χ3n) is 6.06. The highest BCUT2D eigenvalue weighted by molar-refractivity contribution is 8.19. The Morgan fingerprint density at radius 2 is 1.83 bits per heavy atom. The third kappa shape index (κ3) is 7.90. The molecular formula is C25H40O2S2Si. The molecule has 0 unspecified atom stereocenters. The van der Waals surface area contributed by atoms with Crippen molar-refractivity contribution in [2.24, 2.45) is 0 Å². The van der Waals surface area contributed by atoms with Crippen molar-refractivity contribution in [3.05, 3.63) is 54.6 Å². The van der Waals surface area contributed by atoms with Crippen molar-refractivity contribution in [2.75, 3.05) is 11.5 Å². The van der Waals surface area contributed by atoms with Gasteiger partial charge < -0.3 is 9.53 Å². The zero-order valence-electron chi connectivity index (χ0n) is 19.4. The molecule has 168 valence electrons. The SMILES string of the molecule is C=CC[C@@H](C[C@@H](O)CC1(/C=C/c2ccccc2)SCCCS1)O[Si](C)(C)C(C)(C)C. The van der Waals surface area contributed by atoms with E-state index in [0.29, 0.717) is 6.42 Å². The van der Waals surface area contributed by atoms with Crippen LogP contribution >= 0.6 is 23.5 Å². The molecular weight excluding hydrogens is 424 g/mol. The minimum Gasteiger partial charge on any atom is -0.414 e. The Kier molecular flexibility index (Phi) is 9.82. The fourth-order valence-electron chi connectivity index (χ4n) is 3.35. The summed E-state index contributed by atoms with van der Waals surface area (Å²) in [5, 5.41) is 11.3. The Morgan fingerprint density at radius 1 is 1.20 bits per heavy atom. The van der Waals surface area contributed by atoms with Gasteiger partial charge in [-0.1, -0.05) is 69.3 Å². The first-order valence-corrected chi connectivity index (χ1v) is 15.9. The first kappa shape index (κ1) is 25.8. The number of aliphatic hydroxyl groups excluding tert-OH is 1. The van der Waals surface area contributed by atoms with Crippen LogP contribution in [0.2, 0.25) is 18.1 Å². The molecule has 5 heteroatoms. The Bertz CT molecular complexity index is 676. The monoisotopic (exact) mass is 464 g/mol.